The second kappa shape index (κ2) is 6.93. The maximum Gasteiger partial charge on any atom is 0.227 e. The van der Waals surface area contributed by atoms with E-state index in [1.54, 1.807) is 4.90 Å². The van der Waals surface area contributed by atoms with Crippen molar-refractivity contribution in [1.82, 2.24) is 4.90 Å². The van der Waals surface area contributed by atoms with Crippen LogP contribution in [0.2, 0.25) is 0 Å². The Balaban J connectivity index is 1.69. The number of ether oxygens (including phenoxy) is 1. The van der Waals surface area contributed by atoms with Crippen molar-refractivity contribution in [1.29, 1.82) is 0 Å². The van der Waals surface area contributed by atoms with Crippen LogP contribution >= 0.6 is 0 Å². The van der Waals surface area contributed by atoms with Crippen molar-refractivity contribution in [2.45, 2.75) is 37.8 Å². The first-order chi connectivity index (χ1) is 11.1. The number of aliphatic hydroxyl groups is 1. The number of amides is 1. The largest absolute Gasteiger partial charge is 0.393 e. The topological polar surface area (TPSA) is 49.8 Å². The summed E-state index contributed by atoms with van der Waals surface area (Å²) in [5.74, 6) is -2.04. The average molecular weight is 325 g/mol. The zero-order valence-electron chi connectivity index (χ0n) is 12.9. The molecule has 1 N–H and O–H groups in total. The predicted molar refractivity (Wildman–Crippen MR) is 79.7 cm³/mol. The van der Waals surface area contributed by atoms with Crippen LogP contribution in [0.1, 0.15) is 24.8 Å². The number of carbonyl (C=O) groups excluding carboxylic acids is 1. The summed E-state index contributed by atoms with van der Waals surface area (Å²) in [5.41, 5.74) is 0.458. The van der Waals surface area contributed by atoms with Crippen LogP contribution < -0.4 is 0 Å². The van der Waals surface area contributed by atoms with E-state index in [1.165, 1.54) is 6.07 Å². The number of nitrogens with zero attached hydrogens (tertiary/aromatic N) is 1. The molecule has 1 aromatic rings. The lowest BCUT2D eigenvalue weighted by Gasteiger charge is -2.37. The molecule has 0 aromatic heterocycles. The Morgan fingerprint density at radius 3 is 2.87 bits per heavy atom. The molecule has 2 aliphatic rings. The van der Waals surface area contributed by atoms with Gasteiger partial charge < -0.3 is 14.7 Å². The number of aliphatic hydroxyl groups excluding tert-OH is 1. The summed E-state index contributed by atoms with van der Waals surface area (Å²) >= 11 is 0. The molecule has 2 fully saturated rings. The van der Waals surface area contributed by atoms with E-state index >= 15 is 0 Å². The Morgan fingerprint density at radius 2 is 2.13 bits per heavy atom. The lowest BCUT2D eigenvalue weighted by molar-refractivity contribution is -0.135. The van der Waals surface area contributed by atoms with Crippen LogP contribution in [0.5, 0.6) is 0 Å². The van der Waals surface area contributed by atoms with E-state index in [4.69, 9.17) is 4.74 Å². The van der Waals surface area contributed by atoms with E-state index in [0.717, 1.165) is 25.0 Å². The van der Waals surface area contributed by atoms with Crippen LogP contribution in [0.15, 0.2) is 18.2 Å². The second-order valence-electron chi connectivity index (χ2n) is 6.32. The summed E-state index contributed by atoms with van der Waals surface area (Å²) in [6, 6.07) is 3.50. The Labute approximate surface area is 134 Å². The molecule has 0 unspecified atom stereocenters. The van der Waals surface area contributed by atoms with E-state index in [9.17, 15) is 18.7 Å². The Hall–Kier alpha value is -1.53. The van der Waals surface area contributed by atoms with Crippen LogP contribution in [0.4, 0.5) is 8.78 Å². The van der Waals surface area contributed by atoms with Crippen molar-refractivity contribution < 1.29 is 23.4 Å². The van der Waals surface area contributed by atoms with Gasteiger partial charge in [0, 0.05) is 25.1 Å². The lowest BCUT2D eigenvalue weighted by Crippen LogP contribution is -2.48. The van der Waals surface area contributed by atoms with Gasteiger partial charge in [0.15, 0.2) is 11.6 Å². The molecule has 0 aliphatic carbocycles. The number of carbonyl (C=O) groups is 1. The number of benzene rings is 1. The van der Waals surface area contributed by atoms with Crippen LogP contribution in [-0.4, -0.2) is 47.8 Å². The van der Waals surface area contributed by atoms with E-state index in [0.29, 0.717) is 31.7 Å². The van der Waals surface area contributed by atoms with Crippen molar-refractivity contribution in [2.24, 2.45) is 5.92 Å². The molecule has 0 spiro atoms. The first kappa shape index (κ1) is 16.3. The van der Waals surface area contributed by atoms with Gasteiger partial charge in [-0.3, -0.25) is 4.79 Å². The standard InChI is InChI=1S/C17H21F2NO3/c18-13-4-3-11(8-14(13)19)9-17(22)20-6-1-2-15(20)12-10-23-7-5-16(12)21/h3-4,8,12,15-16,21H,1-2,5-7,9-10H2/t12-,15-,16+/m1/s1. The molecular formula is C17H21F2NO3. The van der Waals surface area contributed by atoms with Gasteiger partial charge in [-0.25, -0.2) is 8.78 Å². The fourth-order valence-electron chi connectivity index (χ4n) is 3.59. The van der Waals surface area contributed by atoms with Crippen molar-refractivity contribution in [3.63, 3.8) is 0 Å². The third-order valence-corrected chi connectivity index (χ3v) is 4.82. The van der Waals surface area contributed by atoms with Crippen molar-refractivity contribution in [3.05, 3.63) is 35.4 Å². The summed E-state index contributed by atoms with van der Waals surface area (Å²) in [4.78, 5) is 14.3. The van der Waals surface area contributed by atoms with Gasteiger partial charge in [0.2, 0.25) is 5.91 Å². The van der Waals surface area contributed by atoms with E-state index in [1.807, 2.05) is 0 Å². The highest BCUT2D eigenvalue weighted by Gasteiger charge is 2.39. The van der Waals surface area contributed by atoms with Crippen molar-refractivity contribution in [2.75, 3.05) is 19.8 Å². The number of hydrogen-bond acceptors (Lipinski definition) is 3. The van der Waals surface area contributed by atoms with Gasteiger partial charge in [0.25, 0.3) is 0 Å². The molecule has 1 amide bonds. The zero-order valence-corrected chi connectivity index (χ0v) is 12.9. The van der Waals surface area contributed by atoms with Crippen LogP contribution in [-0.2, 0) is 16.0 Å². The summed E-state index contributed by atoms with van der Waals surface area (Å²) in [7, 11) is 0. The molecule has 2 aliphatic heterocycles. The Kier molecular flexibility index (Phi) is 4.92. The molecule has 23 heavy (non-hydrogen) atoms. The van der Waals surface area contributed by atoms with Crippen LogP contribution in [0, 0.1) is 17.6 Å². The molecule has 0 radical (unpaired) electrons. The van der Waals surface area contributed by atoms with Crippen LogP contribution in [0.25, 0.3) is 0 Å². The number of halogens is 2. The SMILES string of the molecule is O=C(Cc1ccc(F)c(F)c1)N1CCC[C@@H]1[C@H]1COCC[C@@H]1O. The minimum atomic E-state index is -0.940. The number of likely N-dealkylation sites (tertiary alicyclic amines) is 1. The normalized spacial score (nSPS) is 28.1. The quantitative estimate of drug-likeness (QED) is 0.923. The molecule has 2 heterocycles. The summed E-state index contributed by atoms with van der Waals surface area (Å²) in [5, 5.41) is 10.2. The molecule has 3 atom stereocenters. The molecular weight excluding hydrogens is 304 g/mol. The number of rotatable bonds is 3. The Morgan fingerprint density at radius 1 is 1.30 bits per heavy atom. The highest BCUT2D eigenvalue weighted by molar-refractivity contribution is 5.79. The third-order valence-electron chi connectivity index (χ3n) is 4.82. The maximum atomic E-state index is 13.3. The van der Waals surface area contributed by atoms with Crippen LogP contribution in [0.3, 0.4) is 0 Å². The molecule has 3 rings (SSSR count). The first-order valence-corrected chi connectivity index (χ1v) is 8.05. The highest BCUT2D eigenvalue weighted by atomic mass is 19.2. The molecule has 0 saturated carbocycles. The zero-order chi connectivity index (χ0) is 16.4. The van der Waals surface area contributed by atoms with Gasteiger partial charge in [0.1, 0.15) is 0 Å². The fourth-order valence-corrected chi connectivity index (χ4v) is 3.59. The minimum absolute atomic E-state index is 0.0388. The minimum Gasteiger partial charge on any atom is -0.393 e. The second-order valence-corrected chi connectivity index (χ2v) is 6.32. The lowest BCUT2D eigenvalue weighted by atomic mass is 9.89. The highest BCUT2D eigenvalue weighted by Crippen LogP contribution is 2.30. The monoisotopic (exact) mass is 325 g/mol. The third kappa shape index (κ3) is 3.53. The predicted octanol–water partition coefficient (Wildman–Crippen LogP) is 1.90. The van der Waals surface area contributed by atoms with Gasteiger partial charge in [0.05, 0.1) is 19.1 Å². The molecule has 6 heteroatoms. The molecule has 0 bridgehead atoms. The molecule has 1 aromatic carbocycles. The summed E-state index contributed by atoms with van der Waals surface area (Å²) in [6.07, 6.45) is 1.90. The molecule has 126 valence electrons. The van der Waals surface area contributed by atoms with E-state index in [2.05, 4.69) is 0 Å². The van der Waals surface area contributed by atoms with Gasteiger partial charge in [-0.05, 0) is 37.0 Å². The average Bonchev–Trinajstić information content (AvgIpc) is 3.01. The van der Waals surface area contributed by atoms with E-state index in [-0.39, 0.29) is 24.3 Å². The van der Waals surface area contributed by atoms with Crippen molar-refractivity contribution >= 4 is 5.91 Å². The van der Waals surface area contributed by atoms with Gasteiger partial charge in [-0.1, -0.05) is 6.07 Å². The smallest absolute Gasteiger partial charge is 0.227 e. The van der Waals surface area contributed by atoms with E-state index < -0.39 is 17.7 Å². The first-order valence-electron chi connectivity index (χ1n) is 8.05. The molecule has 2 saturated heterocycles. The van der Waals surface area contributed by atoms with Gasteiger partial charge in [-0.2, -0.15) is 0 Å². The fraction of sp³-hybridized carbons (Fsp3) is 0.588. The van der Waals surface area contributed by atoms with Gasteiger partial charge >= 0.3 is 0 Å². The Bertz CT molecular complexity index is 581. The summed E-state index contributed by atoms with van der Waals surface area (Å²) < 4.78 is 31.7. The number of hydrogen-bond donors (Lipinski definition) is 1. The maximum absolute atomic E-state index is 13.3. The van der Waals surface area contributed by atoms with Gasteiger partial charge in [-0.15, -0.1) is 0 Å². The van der Waals surface area contributed by atoms with Crippen molar-refractivity contribution in [3.8, 4) is 0 Å². The summed E-state index contributed by atoms with van der Waals surface area (Å²) in [6.45, 7) is 1.64. The molecule has 4 nitrogen and oxygen atoms in total.